The van der Waals surface area contributed by atoms with Crippen LogP contribution in [0.3, 0.4) is 0 Å². The zero-order valence-corrected chi connectivity index (χ0v) is 15.6. The molecule has 1 heterocycles. The van der Waals surface area contributed by atoms with Gasteiger partial charge in [-0.3, -0.25) is 5.14 Å². The van der Waals surface area contributed by atoms with Gasteiger partial charge in [0.15, 0.2) is 0 Å². The Labute approximate surface area is 151 Å². The van der Waals surface area contributed by atoms with Crippen LogP contribution in [0.2, 0.25) is 5.28 Å². The van der Waals surface area contributed by atoms with Crippen LogP contribution in [0.25, 0.3) is 0 Å². The molecule has 1 aromatic carbocycles. The van der Waals surface area contributed by atoms with Crippen LogP contribution in [0.1, 0.15) is 0 Å². The van der Waals surface area contributed by atoms with E-state index in [0.717, 1.165) is 11.9 Å². The standard InChI is InChI=1S/C12H12BrClN5O2S2/c13-10-7-17-12(14)19-11(10)16-4-5-18-23(20,21)9-3-1-2-8(6-9)22-15/h1-2,6-7,18H,4-5,15H2,(H,16,17,19). The summed E-state index contributed by atoms with van der Waals surface area (Å²) in [5, 5.41) is 8.48. The maximum Gasteiger partial charge on any atom is 0.241 e. The number of anilines is 1. The van der Waals surface area contributed by atoms with E-state index in [1.807, 2.05) is 0 Å². The molecule has 7 nitrogen and oxygen atoms in total. The highest BCUT2D eigenvalue weighted by atomic mass is 79.9. The molecule has 123 valence electrons. The normalized spacial score (nSPS) is 11.4. The number of benzene rings is 1. The summed E-state index contributed by atoms with van der Waals surface area (Å²) in [5.41, 5.74) is 0. The zero-order chi connectivity index (χ0) is 16.9. The molecule has 1 radical (unpaired) electrons. The molecule has 11 heteroatoms. The Balaban J connectivity index is 1.93. The fourth-order valence-electron chi connectivity index (χ4n) is 1.57. The van der Waals surface area contributed by atoms with Crippen molar-refractivity contribution in [2.24, 2.45) is 5.14 Å². The molecule has 0 fully saturated rings. The summed E-state index contributed by atoms with van der Waals surface area (Å²) in [4.78, 5) is 8.47. The third-order valence-electron chi connectivity index (χ3n) is 2.60. The first-order valence-corrected chi connectivity index (χ1v) is 9.76. The molecule has 1 aromatic heterocycles. The predicted molar refractivity (Wildman–Crippen MR) is 93.7 cm³/mol. The maximum absolute atomic E-state index is 12.2. The van der Waals surface area contributed by atoms with Crippen molar-refractivity contribution in [3.63, 3.8) is 0 Å². The second kappa shape index (κ2) is 8.27. The van der Waals surface area contributed by atoms with Crippen molar-refractivity contribution in [1.82, 2.24) is 14.7 Å². The second-order valence-electron chi connectivity index (χ2n) is 4.17. The molecule has 23 heavy (non-hydrogen) atoms. The SMILES string of the molecule is NSc1cc[c]c(S(=O)(=O)NCCNc2nc(Cl)ncc2Br)c1. The number of nitrogens with zero attached hydrogens (tertiary/aromatic N) is 2. The highest BCUT2D eigenvalue weighted by Crippen LogP contribution is 2.20. The van der Waals surface area contributed by atoms with Gasteiger partial charge < -0.3 is 5.32 Å². The van der Waals surface area contributed by atoms with Gasteiger partial charge in [-0.2, -0.15) is 4.98 Å². The highest BCUT2D eigenvalue weighted by molar-refractivity contribution is 9.10. The number of nitrogens with two attached hydrogens (primary N) is 1. The molecular formula is C12H12BrClN5O2S2. The summed E-state index contributed by atoms with van der Waals surface area (Å²) in [7, 11) is -3.65. The van der Waals surface area contributed by atoms with E-state index in [-0.39, 0.29) is 16.7 Å². The van der Waals surface area contributed by atoms with Gasteiger partial charge >= 0.3 is 0 Å². The van der Waals surface area contributed by atoms with Gasteiger partial charge in [0.05, 0.1) is 9.37 Å². The number of sulfonamides is 1. The average Bonchev–Trinajstić information content (AvgIpc) is 2.54. The van der Waals surface area contributed by atoms with Crippen LogP contribution < -0.4 is 15.2 Å². The molecule has 0 bridgehead atoms. The minimum Gasteiger partial charge on any atom is -0.368 e. The van der Waals surface area contributed by atoms with E-state index in [2.05, 4.69) is 42.0 Å². The third kappa shape index (κ3) is 5.30. The lowest BCUT2D eigenvalue weighted by atomic mass is 10.4. The van der Waals surface area contributed by atoms with Crippen LogP contribution in [0.5, 0.6) is 0 Å². The molecule has 4 N–H and O–H groups in total. The first kappa shape index (κ1) is 18.4. The van der Waals surface area contributed by atoms with Gasteiger partial charge in [0.2, 0.25) is 15.3 Å². The minimum absolute atomic E-state index is 0.0409. The Morgan fingerprint density at radius 3 is 2.96 bits per heavy atom. The van der Waals surface area contributed by atoms with Gasteiger partial charge in [-0.05, 0) is 51.6 Å². The molecule has 2 aromatic rings. The molecule has 0 saturated carbocycles. The molecule has 0 aliphatic rings. The molecule has 0 amide bonds. The van der Waals surface area contributed by atoms with E-state index in [4.69, 9.17) is 16.7 Å². The van der Waals surface area contributed by atoms with Crippen LogP contribution in [0.4, 0.5) is 5.82 Å². The van der Waals surface area contributed by atoms with Crippen LogP contribution in [0.15, 0.2) is 38.7 Å². The summed E-state index contributed by atoms with van der Waals surface area (Å²) < 4.78 is 27.4. The molecule has 2 rings (SSSR count). The van der Waals surface area contributed by atoms with Gasteiger partial charge in [0.1, 0.15) is 5.82 Å². The Bertz CT molecular complexity index is 791. The maximum atomic E-state index is 12.2. The van der Waals surface area contributed by atoms with Crippen molar-refractivity contribution in [1.29, 1.82) is 0 Å². The van der Waals surface area contributed by atoms with Crippen molar-refractivity contribution < 1.29 is 8.42 Å². The largest absolute Gasteiger partial charge is 0.368 e. The fraction of sp³-hybridized carbons (Fsp3) is 0.167. The molecule has 0 spiro atoms. The first-order chi connectivity index (χ1) is 10.9. The van der Waals surface area contributed by atoms with Gasteiger partial charge in [0.25, 0.3) is 0 Å². The number of nitrogens with one attached hydrogen (secondary N) is 2. The van der Waals surface area contributed by atoms with Crippen molar-refractivity contribution >= 4 is 55.3 Å². The minimum atomic E-state index is -3.65. The number of rotatable bonds is 7. The highest BCUT2D eigenvalue weighted by Gasteiger charge is 2.14. The van der Waals surface area contributed by atoms with Crippen molar-refractivity contribution in [3.8, 4) is 0 Å². The summed E-state index contributed by atoms with van der Waals surface area (Å²) >= 11 is 9.94. The van der Waals surface area contributed by atoms with Crippen molar-refractivity contribution in [2.45, 2.75) is 9.79 Å². The van der Waals surface area contributed by atoms with Crippen molar-refractivity contribution in [2.75, 3.05) is 18.4 Å². The lowest BCUT2D eigenvalue weighted by molar-refractivity contribution is 0.582. The fourth-order valence-corrected chi connectivity index (χ4v) is 3.47. The third-order valence-corrected chi connectivity index (χ3v) is 5.28. The number of hydrogen-bond acceptors (Lipinski definition) is 7. The summed E-state index contributed by atoms with van der Waals surface area (Å²) in [5.74, 6) is 0.484. The Kier molecular flexibility index (Phi) is 6.62. The van der Waals surface area contributed by atoms with Crippen LogP contribution >= 0.6 is 39.5 Å². The van der Waals surface area contributed by atoms with E-state index in [9.17, 15) is 8.42 Å². The average molecular weight is 438 g/mol. The smallest absolute Gasteiger partial charge is 0.241 e. The first-order valence-electron chi connectivity index (χ1n) is 6.22. The monoisotopic (exact) mass is 436 g/mol. The lowest BCUT2D eigenvalue weighted by Crippen LogP contribution is -2.29. The number of halogens is 2. The topological polar surface area (TPSA) is 110 Å². The molecule has 0 unspecified atom stereocenters. The van der Waals surface area contributed by atoms with Gasteiger partial charge in [0, 0.05) is 30.2 Å². The van der Waals surface area contributed by atoms with Gasteiger partial charge in [-0.1, -0.05) is 6.07 Å². The molecular weight excluding hydrogens is 426 g/mol. The predicted octanol–water partition coefficient (Wildman–Crippen LogP) is 2.05. The van der Waals surface area contributed by atoms with E-state index < -0.39 is 10.0 Å². The van der Waals surface area contributed by atoms with E-state index in [1.165, 1.54) is 18.3 Å². The molecule has 0 aliphatic heterocycles. The van der Waals surface area contributed by atoms with Gasteiger partial charge in [-0.15, -0.1) is 0 Å². The molecule has 0 atom stereocenters. The summed E-state index contributed by atoms with van der Waals surface area (Å²) in [6, 6.07) is 7.33. The molecule has 0 saturated heterocycles. The lowest BCUT2D eigenvalue weighted by Gasteiger charge is -2.09. The number of aromatic nitrogens is 2. The van der Waals surface area contributed by atoms with Gasteiger partial charge in [-0.25, -0.2) is 18.1 Å². The van der Waals surface area contributed by atoms with Crippen LogP contribution in [0, 0.1) is 6.07 Å². The number of hydrogen-bond donors (Lipinski definition) is 3. The van der Waals surface area contributed by atoms with E-state index in [1.54, 1.807) is 6.07 Å². The van der Waals surface area contributed by atoms with Crippen LogP contribution in [-0.4, -0.2) is 31.5 Å². The second-order valence-corrected chi connectivity index (χ2v) is 7.80. The van der Waals surface area contributed by atoms with Crippen molar-refractivity contribution in [3.05, 3.63) is 40.2 Å². The van der Waals surface area contributed by atoms with Crippen LogP contribution in [-0.2, 0) is 10.0 Å². The zero-order valence-electron chi connectivity index (χ0n) is 11.6. The Morgan fingerprint density at radius 1 is 1.43 bits per heavy atom. The Morgan fingerprint density at radius 2 is 2.22 bits per heavy atom. The summed E-state index contributed by atoms with van der Waals surface area (Å²) in [6.45, 7) is 0.473. The van der Waals surface area contributed by atoms with E-state index in [0.29, 0.717) is 21.7 Å². The van der Waals surface area contributed by atoms with E-state index >= 15 is 0 Å². The Hall–Kier alpha value is -0.910. The quantitative estimate of drug-likeness (QED) is 0.345. The summed E-state index contributed by atoms with van der Waals surface area (Å²) in [6.07, 6.45) is 1.51. The molecule has 0 aliphatic carbocycles.